The second kappa shape index (κ2) is 11.6. The minimum absolute atomic E-state index is 0.296. The van der Waals surface area contributed by atoms with Crippen LogP contribution in [0.2, 0.25) is 0 Å². The van der Waals surface area contributed by atoms with Crippen LogP contribution >= 0.6 is 0 Å². The third-order valence-electron chi connectivity index (χ3n) is 1.67. The Labute approximate surface area is 100 Å². The molecule has 1 nitrogen and oxygen atoms in total. The highest BCUT2D eigenvalue weighted by Crippen LogP contribution is 2.16. The lowest BCUT2D eigenvalue weighted by Gasteiger charge is -1.99. The zero-order valence-electron chi connectivity index (χ0n) is 11.1. The fourth-order valence-electron chi connectivity index (χ4n) is 0.979. The number of phenolic OH excluding ortho intramolecular Hbond substituents is 1. The van der Waals surface area contributed by atoms with Crippen molar-refractivity contribution >= 4 is 6.08 Å². The van der Waals surface area contributed by atoms with E-state index in [0.717, 1.165) is 11.1 Å². The lowest BCUT2D eigenvalue weighted by atomic mass is 10.1. The molecule has 0 aliphatic rings. The molecule has 1 aromatic rings. The molecule has 16 heavy (non-hydrogen) atoms. The first-order valence-corrected chi connectivity index (χ1v) is 5.83. The smallest absolute Gasteiger partial charge is 0.116 e. The number of allylic oxidation sites excluding steroid dienone is 2. The molecule has 0 fully saturated rings. The Morgan fingerprint density at radius 3 is 2.19 bits per heavy atom. The number of rotatable bonds is 2. The van der Waals surface area contributed by atoms with Crippen LogP contribution in [-0.4, -0.2) is 5.11 Å². The fraction of sp³-hybridized carbons (Fsp3) is 0.333. The molecule has 0 aliphatic heterocycles. The van der Waals surface area contributed by atoms with Gasteiger partial charge in [0.1, 0.15) is 5.75 Å². The monoisotopic (exact) mass is 220 g/mol. The third-order valence-corrected chi connectivity index (χ3v) is 1.67. The fourth-order valence-corrected chi connectivity index (χ4v) is 0.979. The highest BCUT2D eigenvalue weighted by atomic mass is 16.3. The highest BCUT2D eigenvalue weighted by Gasteiger charge is 1.94. The zero-order chi connectivity index (χ0) is 13.0. The minimum Gasteiger partial charge on any atom is -0.508 e. The van der Waals surface area contributed by atoms with E-state index in [9.17, 15) is 5.11 Å². The number of phenols is 1. The van der Waals surface area contributed by atoms with Crippen molar-refractivity contribution in [1.82, 2.24) is 0 Å². The largest absolute Gasteiger partial charge is 0.508 e. The molecule has 0 bridgehead atoms. The Morgan fingerprint density at radius 2 is 1.69 bits per heavy atom. The van der Waals surface area contributed by atoms with Crippen LogP contribution < -0.4 is 0 Å². The summed E-state index contributed by atoms with van der Waals surface area (Å²) in [5, 5.41) is 9.18. The predicted molar refractivity (Wildman–Crippen MR) is 74.8 cm³/mol. The van der Waals surface area contributed by atoms with Crippen LogP contribution in [0.1, 0.15) is 38.8 Å². The van der Waals surface area contributed by atoms with Crippen molar-refractivity contribution in [3.05, 3.63) is 48.1 Å². The second-order valence-corrected chi connectivity index (χ2v) is 2.64. The van der Waals surface area contributed by atoms with Crippen LogP contribution in [0, 0.1) is 6.92 Å². The van der Waals surface area contributed by atoms with E-state index >= 15 is 0 Å². The molecular weight excluding hydrogens is 196 g/mol. The van der Waals surface area contributed by atoms with Gasteiger partial charge in [-0.3, -0.25) is 0 Å². The van der Waals surface area contributed by atoms with E-state index in [1.807, 2.05) is 52.8 Å². The van der Waals surface area contributed by atoms with E-state index in [0.29, 0.717) is 5.75 Å². The van der Waals surface area contributed by atoms with E-state index in [-0.39, 0.29) is 0 Å². The summed E-state index contributed by atoms with van der Waals surface area (Å²) < 4.78 is 0. The first-order chi connectivity index (χ1) is 7.74. The summed E-state index contributed by atoms with van der Waals surface area (Å²) in [6.07, 6.45) is 5.48. The maximum absolute atomic E-state index is 9.18. The van der Waals surface area contributed by atoms with Gasteiger partial charge in [-0.2, -0.15) is 0 Å². The summed E-state index contributed by atoms with van der Waals surface area (Å²) in [6.45, 7) is 13.6. The quantitative estimate of drug-likeness (QED) is 0.699. The molecule has 0 amide bonds. The Bertz CT molecular complexity index is 311. The van der Waals surface area contributed by atoms with Gasteiger partial charge in [-0.15, -0.1) is 0 Å². The van der Waals surface area contributed by atoms with E-state index in [4.69, 9.17) is 0 Å². The molecule has 1 heteroatoms. The first kappa shape index (κ1) is 16.9. The van der Waals surface area contributed by atoms with Gasteiger partial charge in [0.25, 0.3) is 0 Å². The van der Waals surface area contributed by atoms with Gasteiger partial charge in [-0.25, -0.2) is 0 Å². The minimum atomic E-state index is 0.296. The molecule has 0 aliphatic carbocycles. The van der Waals surface area contributed by atoms with Crippen molar-refractivity contribution in [3.63, 3.8) is 0 Å². The number of hydrogen-bond donors (Lipinski definition) is 1. The van der Waals surface area contributed by atoms with E-state index in [2.05, 4.69) is 6.58 Å². The van der Waals surface area contributed by atoms with Crippen LogP contribution in [0.4, 0.5) is 0 Å². The van der Waals surface area contributed by atoms with Crippen LogP contribution in [0.5, 0.6) is 5.75 Å². The average molecular weight is 220 g/mol. The summed E-state index contributed by atoms with van der Waals surface area (Å²) >= 11 is 0. The summed E-state index contributed by atoms with van der Waals surface area (Å²) in [4.78, 5) is 0. The van der Waals surface area contributed by atoms with Crippen molar-refractivity contribution in [2.45, 2.75) is 34.6 Å². The van der Waals surface area contributed by atoms with Crippen molar-refractivity contribution < 1.29 is 5.11 Å². The lowest BCUT2D eigenvalue weighted by molar-refractivity contribution is 0.475. The van der Waals surface area contributed by atoms with E-state index in [1.165, 1.54) is 0 Å². The van der Waals surface area contributed by atoms with Crippen molar-refractivity contribution in [3.8, 4) is 5.75 Å². The number of aryl methyl sites for hydroxylation is 1. The molecule has 0 saturated heterocycles. The molecule has 0 heterocycles. The molecule has 0 saturated carbocycles. The molecule has 0 radical (unpaired) electrons. The molecule has 0 spiro atoms. The van der Waals surface area contributed by atoms with Gasteiger partial charge in [0.05, 0.1) is 0 Å². The Kier molecular flexibility index (Phi) is 12.2. The summed E-state index contributed by atoms with van der Waals surface area (Å²) in [6, 6.07) is 5.30. The van der Waals surface area contributed by atoms with Crippen molar-refractivity contribution in [2.75, 3.05) is 0 Å². The van der Waals surface area contributed by atoms with Gasteiger partial charge in [0.15, 0.2) is 0 Å². The topological polar surface area (TPSA) is 20.2 Å². The van der Waals surface area contributed by atoms with Crippen LogP contribution in [-0.2, 0) is 0 Å². The Morgan fingerprint density at radius 1 is 1.12 bits per heavy atom. The van der Waals surface area contributed by atoms with Crippen molar-refractivity contribution in [1.29, 1.82) is 0 Å². The molecule has 1 aromatic carbocycles. The third kappa shape index (κ3) is 6.88. The number of aromatic hydroxyl groups is 1. The molecule has 90 valence electrons. The molecule has 0 atom stereocenters. The molecule has 1 N–H and O–H groups in total. The second-order valence-electron chi connectivity index (χ2n) is 2.64. The van der Waals surface area contributed by atoms with Crippen LogP contribution in [0.3, 0.4) is 0 Å². The Balaban J connectivity index is 0. The van der Waals surface area contributed by atoms with Crippen molar-refractivity contribution in [2.24, 2.45) is 0 Å². The van der Waals surface area contributed by atoms with E-state index in [1.54, 1.807) is 18.2 Å². The predicted octanol–water partition coefficient (Wildman–Crippen LogP) is 4.95. The van der Waals surface area contributed by atoms with Gasteiger partial charge in [-0.1, -0.05) is 58.6 Å². The van der Waals surface area contributed by atoms with Gasteiger partial charge in [-0.05, 0) is 30.2 Å². The Hall–Kier alpha value is -1.50. The molecule has 0 aromatic heterocycles. The zero-order valence-corrected chi connectivity index (χ0v) is 11.1. The van der Waals surface area contributed by atoms with Gasteiger partial charge in [0, 0.05) is 0 Å². The van der Waals surface area contributed by atoms with Gasteiger partial charge < -0.3 is 5.11 Å². The summed E-state index contributed by atoms with van der Waals surface area (Å²) in [5.41, 5.74) is 2.17. The van der Waals surface area contributed by atoms with Crippen LogP contribution in [0.25, 0.3) is 6.08 Å². The SMILES string of the molecule is C=C/C=C\c1cc(O)ccc1C.CC.CC. The molecular formula is C15H24O. The molecule has 0 unspecified atom stereocenters. The average Bonchev–Trinajstić information content (AvgIpc) is 2.35. The van der Waals surface area contributed by atoms with E-state index < -0.39 is 0 Å². The number of benzene rings is 1. The lowest BCUT2D eigenvalue weighted by Crippen LogP contribution is -1.78. The molecule has 1 rings (SSSR count). The normalized spacial score (nSPS) is 8.56. The first-order valence-electron chi connectivity index (χ1n) is 5.83. The maximum Gasteiger partial charge on any atom is 0.116 e. The summed E-state index contributed by atoms with van der Waals surface area (Å²) in [5.74, 6) is 0.296. The summed E-state index contributed by atoms with van der Waals surface area (Å²) in [7, 11) is 0. The van der Waals surface area contributed by atoms with Crippen LogP contribution in [0.15, 0.2) is 36.9 Å². The standard InChI is InChI=1S/C11H12O.2C2H6/c1-3-4-5-10-8-11(12)7-6-9(10)2;2*1-2/h3-8,12H,1H2,2H3;2*1-2H3/b5-4-;;. The highest BCUT2D eigenvalue weighted by molar-refractivity contribution is 5.56. The van der Waals surface area contributed by atoms with Gasteiger partial charge >= 0.3 is 0 Å². The van der Waals surface area contributed by atoms with Gasteiger partial charge in [0.2, 0.25) is 0 Å². The maximum atomic E-state index is 9.18. The number of hydrogen-bond acceptors (Lipinski definition) is 1.